The summed E-state index contributed by atoms with van der Waals surface area (Å²) in [5, 5.41) is 17.8. The maximum atomic E-state index is 8.96. The molecule has 0 unspecified atom stereocenters. The van der Waals surface area contributed by atoms with Crippen molar-refractivity contribution in [3.63, 3.8) is 0 Å². The van der Waals surface area contributed by atoms with Gasteiger partial charge in [-0.1, -0.05) is 6.92 Å². The van der Waals surface area contributed by atoms with Gasteiger partial charge in [0.25, 0.3) is 0 Å². The molecule has 0 aliphatic carbocycles. The van der Waals surface area contributed by atoms with Crippen LogP contribution in [-0.4, -0.2) is 22.4 Å². The van der Waals surface area contributed by atoms with Crippen LogP contribution < -0.4 is 0 Å². The maximum Gasteiger partial charge on any atom is 0.0538 e. The Morgan fingerprint density at radius 1 is 1.11 bits per heavy atom. The van der Waals surface area contributed by atoms with Crippen LogP contribution in [0.1, 0.15) is 27.2 Å². The molecule has 0 aromatic carbocycles. The first kappa shape index (κ1) is 8.92. The largest absolute Gasteiger partial charge is 0.393 e. The highest BCUT2D eigenvalue weighted by atomic mass is 16.3. The first-order chi connectivity index (χ1) is 4.04. The van der Waals surface area contributed by atoms with Gasteiger partial charge in [-0.3, -0.25) is 0 Å². The highest BCUT2D eigenvalue weighted by molar-refractivity contribution is 4.61. The van der Waals surface area contributed by atoms with Crippen molar-refractivity contribution in [1.82, 2.24) is 0 Å². The van der Waals surface area contributed by atoms with Crippen LogP contribution in [0.4, 0.5) is 0 Å². The van der Waals surface area contributed by atoms with Gasteiger partial charge in [0.1, 0.15) is 0 Å². The van der Waals surface area contributed by atoms with Crippen molar-refractivity contribution in [3.05, 3.63) is 0 Å². The Morgan fingerprint density at radius 3 is 1.67 bits per heavy atom. The Hall–Kier alpha value is -0.0800. The molecule has 0 saturated carbocycles. The molecule has 2 N–H and O–H groups in total. The third-order valence-corrected chi connectivity index (χ3v) is 1.54. The Kier molecular flexibility index (Phi) is 3.82. The van der Waals surface area contributed by atoms with E-state index in [2.05, 4.69) is 0 Å². The van der Waals surface area contributed by atoms with E-state index in [0.717, 1.165) is 0 Å². The molecule has 0 bridgehead atoms. The summed E-state index contributed by atoms with van der Waals surface area (Å²) in [4.78, 5) is 0. The van der Waals surface area contributed by atoms with Gasteiger partial charge in [0.15, 0.2) is 0 Å². The maximum absolute atomic E-state index is 8.96. The van der Waals surface area contributed by atoms with Gasteiger partial charge in [0.05, 0.1) is 12.2 Å². The SMILES string of the molecule is C[C@H](O)C[C@H](C)[C@H](C)O. The number of hydrogen-bond donors (Lipinski definition) is 2. The molecule has 0 saturated heterocycles. The molecule has 0 heterocycles. The summed E-state index contributed by atoms with van der Waals surface area (Å²) < 4.78 is 0. The summed E-state index contributed by atoms with van der Waals surface area (Å²) in [7, 11) is 0. The zero-order valence-electron chi connectivity index (χ0n) is 6.33. The molecule has 0 aromatic rings. The van der Waals surface area contributed by atoms with Gasteiger partial charge >= 0.3 is 0 Å². The van der Waals surface area contributed by atoms with Crippen molar-refractivity contribution < 1.29 is 10.2 Å². The van der Waals surface area contributed by atoms with Gasteiger partial charge < -0.3 is 10.2 Å². The van der Waals surface area contributed by atoms with Crippen LogP contribution in [0.2, 0.25) is 0 Å². The molecule has 0 fully saturated rings. The fraction of sp³-hybridized carbons (Fsp3) is 1.00. The number of aliphatic hydroxyl groups is 2. The van der Waals surface area contributed by atoms with Crippen LogP contribution in [0.25, 0.3) is 0 Å². The highest BCUT2D eigenvalue weighted by Gasteiger charge is 2.10. The van der Waals surface area contributed by atoms with E-state index in [-0.39, 0.29) is 18.1 Å². The van der Waals surface area contributed by atoms with Crippen molar-refractivity contribution in [3.8, 4) is 0 Å². The Bertz CT molecular complexity index is 69.3. The van der Waals surface area contributed by atoms with Crippen molar-refractivity contribution in [1.29, 1.82) is 0 Å². The van der Waals surface area contributed by atoms with E-state index in [1.807, 2.05) is 6.92 Å². The summed E-state index contributed by atoms with van der Waals surface area (Å²) in [6.45, 7) is 5.41. The van der Waals surface area contributed by atoms with Crippen molar-refractivity contribution in [2.24, 2.45) is 5.92 Å². The minimum atomic E-state index is -0.306. The lowest BCUT2D eigenvalue weighted by molar-refractivity contribution is 0.0876. The zero-order chi connectivity index (χ0) is 7.44. The van der Waals surface area contributed by atoms with Gasteiger partial charge in [0.2, 0.25) is 0 Å². The van der Waals surface area contributed by atoms with Crippen LogP contribution in [0, 0.1) is 5.92 Å². The van der Waals surface area contributed by atoms with E-state index in [1.54, 1.807) is 13.8 Å². The topological polar surface area (TPSA) is 40.5 Å². The molecule has 3 atom stereocenters. The van der Waals surface area contributed by atoms with Crippen LogP contribution in [-0.2, 0) is 0 Å². The molecule has 2 heteroatoms. The first-order valence-electron chi connectivity index (χ1n) is 3.40. The van der Waals surface area contributed by atoms with Crippen molar-refractivity contribution in [2.75, 3.05) is 0 Å². The van der Waals surface area contributed by atoms with Crippen LogP contribution in [0.15, 0.2) is 0 Å². The van der Waals surface area contributed by atoms with E-state index >= 15 is 0 Å². The van der Waals surface area contributed by atoms with E-state index in [9.17, 15) is 0 Å². The van der Waals surface area contributed by atoms with Gasteiger partial charge in [-0.25, -0.2) is 0 Å². The average molecular weight is 132 g/mol. The van der Waals surface area contributed by atoms with Gasteiger partial charge in [-0.05, 0) is 26.2 Å². The molecule has 0 amide bonds. The lowest BCUT2D eigenvalue weighted by Gasteiger charge is -2.15. The molecular formula is C7H16O2. The lowest BCUT2D eigenvalue weighted by atomic mass is 10.00. The second-order valence-electron chi connectivity index (χ2n) is 2.80. The van der Waals surface area contributed by atoms with Gasteiger partial charge in [-0.2, -0.15) is 0 Å². The van der Waals surface area contributed by atoms with E-state index in [4.69, 9.17) is 10.2 Å². The summed E-state index contributed by atoms with van der Waals surface area (Å²) in [5.41, 5.74) is 0. The summed E-state index contributed by atoms with van der Waals surface area (Å²) in [6.07, 6.45) is 0.0756. The monoisotopic (exact) mass is 132 g/mol. The second kappa shape index (κ2) is 3.85. The van der Waals surface area contributed by atoms with E-state index in [1.165, 1.54) is 0 Å². The third-order valence-electron chi connectivity index (χ3n) is 1.54. The third kappa shape index (κ3) is 4.43. The number of aliphatic hydroxyl groups excluding tert-OH is 2. The quantitative estimate of drug-likeness (QED) is 0.595. The number of rotatable bonds is 3. The Balaban J connectivity index is 3.38. The lowest BCUT2D eigenvalue weighted by Crippen LogP contribution is -2.17. The second-order valence-corrected chi connectivity index (χ2v) is 2.80. The molecule has 0 aliphatic rings. The molecular weight excluding hydrogens is 116 g/mol. The van der Waals surface area contributed by atoms with Crippen LogP contribution in [0.3, 0.4) is 0 Å². The van der Waals surface area contributed by atoms with Gasteiger partial charge in [-0.15, -0.1) is 0 Å². The predicted molar refractivity (Wildman–Crippen MR) is 37.1 cm³/mol. The minimum absolute atomic E-state index is 0.199. The van der Waals surface area contributed by atoms with E-state index in [0.29, 0.717) is 6.42 Å². The molecule has 9 heavy (non-hydrogen) atoms. The Labute approximate surface area is 56.5 Å². The summed E-state index contributed by atoms with van der Waals surface area (Å²) in [5.74, 6) is 0.199. The fourth-order valence-corrected chi connectivity index (χ4v) is 0.735. The van der Waals surface area contributed by atoms with Gasteiger partial charge in [0, 0.05) is 0 Å². The average Bonchev–Trinajstić information content (AvgIpc) is 1.63. The van der Waals surface area contributed by atoms with Crippen LogP contribution >= 0.6 is 0 Å². The van der Waals surface area contributed by atoms with E-state index < -0.39 is 0 Å². The van der Waals surface area contributed by atoms with Crippen LogP contribution in [0.5, 0.6) is 0 Å². The molecule has 2 nitrogen and oxygen atoms in total. The molecule has 0 aromatic heterocycles. The molecule has 0 rings (SSSR count). The predicted octanol–water partition coefficient (Wildman–Crippen LogP) is 0.774. The van der Waals surface area contributed by atoms with Crippen molar-refractivity contribution >= 4 is 0 Å². The molecule has 0 spiro atoms. The first-order valence-corrected chi connectivity index (χ1v) is 3.40. The smallest absolute Gasteiger partial charge is 0.0538 e. The Morgan fingerprint density at radius 2 is 1.56 bits per heavy atom. The molecule has 56 valence electrons. The zero-order valence-corrected chi connectivity index (χ0v) is 6.33. The fourth-order valence-electron chi connectivity index (χ4n) is 0.735. The summed E-state index contributed by atoms with van der Waals surface area (Å²) in [6, 6.07) is 0. The summed E-state index contributed by atoms with van der Waals surface area (Å²) >= 11 is 0. The van der Waals surface area contributed by atoms with Crippen molar-refractivity contribution in [2.45, 2.75) is 39.4 Å². The highest BCUT2D eigenvalue weighted by Crippen LogP contribution is 2.09. The standard InChI is InChI=1S/C7H16O2/c1-5(7(3)9)4-6(2)8/h5-9H,4H2,1-3H3/t5-,6-,7-/m0/s1. The molecule has 0 aliphatic heterocycles. The number of hydrogen-bond acceptors (Lipinski definition) is 2. The minimum Gasteiger partial charge on any atom is -0.393 e. The normalized spacial score (nSPS) is 21.0. The molecule has 0 radical (unpaired) electrons.